The molecule has 0 saturated heterocycles. The number of nitrogens with one attached hydrogen (secondary N) is 3. The Labute approximate surface area is 150 Å². The smallest absolute Gasteiger partial charge is 0.257 e. The number of carbonyl (C=O) groups is 2. The fourth-order valence-corrected chi connectivity index (χ4v) is 2.80. The van der Waals surface area contributed by atoms with Crippen LogP contribution in [0, 0.1) is 0 Å². The third-order valence-electron chi connectivity index (χ3n) is 4.13. The van der Waals surface area contributed by atoms with Crippen molar-refractivity contribution >= 4 is 28.9 Å². The molecule has 26 heavy (non-hydrogen) atoms. The molecule has 2 heterocycles. The summed E-state index contributed by atoms with van der Waals surface area (Å²) in [5, 5.41) is 8.92. The lowest BCUT2D eigenvalue weighted by Crippen LogP contribution is -2.23. The van der Waals surface area contributed by atoms with E-state index in [0.29, 0.717) is 23.4 Å². The Kier molecular flexibility index (Phi) is 4.07. The largest absolute Gasteiger partial charge is 0.353 e. The number of rotatable bonds is 3. The molecule has 1 aliphatic rings. The lowest BCUT2D eigenvalue weighted by atomic mass is 10.1. The first-order chi connectivity index (χ1) is 12.7. The van der Waals surface area contributed by atoms with E-state index in [1.54, 1.807) is 30.5 Å². The van der Waals surface area contributed by atoms with E-state index in [9.17, 15) is 9.59 Å². The van der Waals surface area contributed by atoms with Crippen LogP contribution in [0.25, 0.3) is 0 Å². The molecule has 1 aromatic heterocycles. The van der Waals surface area contributed by atoms with Crippen molar-refractivity contribution in [2.45, 2.75) is 6.54 Å². The molecule has 128 valence electrons. The number of anilines is 3. The van der Waals surface area contributed by atoms with Gasteiger partial charge in [-0.25, -0.2) is 0 Å². The second kappa shape index (κ2) is 6.68. The van der Waals surface area contributed by atoms with E-state index in [1.807, 2.05) is 36.4 Å². The molecule has 6 heteroatoms. The van der Waals surface area contributed by atoms with Crippen molar-refractivity contribution in [3.63, 3.8) is 0 Å². The van der Waals surface area contributed by atoms with E-state index < -0.39 is 0 Å². The Morgan fingerprint density at radius 3 is 2.62 bits per heavy atom. The number of amides is 2. The van der Waals surface area contributed by atoms with Gasteiger partial charge >= 0.3 is 0 Å². The van der Waals surface area contributed by atoms with Crippen molar-refractivity contribution in [1.82, 2.24) is 10.3 Å². The van der Waals surface area contributed by atoms with Crippen molar-refractivity contribution in [2.24, 2.45) is 0 Å². The molecule has 0 fully saturated rings. The van der Waals surface area contributed by atoms with Crippen LogP contribution in [0.4, 0.5) is 17.1 Å². The van der Waals surface area contributed by atoms with Crippen LogP contribution in [0.5, 0.6) is 0 Å². The molecule has 3 N–H and O–H groups in total. The van der Waals surface area contributed by atoms with E-state index in [2.05, 4.69) is 20.9 Å². The number of aromatic nitrogens is 1. The van der Waals surface area contributed by atoms with Crippen molar-refractivity contribution in [2.75, 3.05) is 10.6 Å². The topological polar surface area (TPSA) is 83.1 Å². The normalized spacial score (nSPS) is 12.1. The Bertz CT molecular complexity index is 986. The highest BCUT2D eigenvalue weighted by Crippen LogP contribution is 2.32. The minimum Gasteiger partial charge on any atom is -0.353 e. The first-order valence-electron chi connectivity index (χ1n) is 8.20. The standard InChI is InChI=1S/C20H16N4O2/c25-19(22-12-14-5-3-4-10-21-14)13-8-9-17-18(11-13)24-20(26)15-6-1-2-7-16(15)23-17/h1-11,23H,12H2,(H,22,25)(H,24,26). The maximum absolute atomic E-state index is 12.4. The van der Waals surface area contributed by atoms with Gasteiger partial charge in [0.2, 0.25) is 0 Å². The summed E-state index contributed by atoms with van der Waals surface area (Å²) in [4.78, 5) is 29.0. The van der Waals surface area contributed by atoms with Gasteiger partial charge in [0.25, 0.3) is 11.8 Å². The molecule has 1 aliphatic heterocycles. The summed E-state index contributed by atoms with van der Waals surface area (Å²) in [7, 11) is 0. The van der Waals surface area contributed by atoms with E-state index in [0.717, 1.165) is 17.1 Å². The molecule has 0 bridgehead atoms. The van der Waals surface area contributed by atoms with Crippen LogP contribution in [0.15, 0.2) is 66.9 Å². The molecule has 4 rings (SSSR count). The Morgan fingerprint density at radius 2 is 1.77 bits per heavy atom. The first-order valence-corrected chi connectivity index (χ1v) is 8.20. The van der Waals surface area contributed by atoms with Gasteiger partial charge in [-0.1, -0.05) is 18.2 Å². The number of hydrogen-bond acceptors (Lipinski definition) is 4. The summed E-state index contributed by atoms with van der Waals surface area (Å²) in [5.74, 6) is -0.438. The maximum atomic E-state index is 12.4. The maximum Gasteiger partial charge on any atom is 0.257 e. The van der Waals surface area contributed by atoms with E-state index in [1.165, 1.54) is 0 Å². The predicted molar refractivity (Wildman–Crippen MR) is 99.5 cm³/mol. The zero-order chi connectivity index (χ0) is 17.9. The van der Waals surface area contributed by atoms with Gasteiger partial charge < -0.3 is 16.0 Å². The summed E-state index contributed by atoms with van der Waals surface area (Å²) >= 11 is 0. The zero-order valence-electron chi connectivity index (χ0n) is 13.8. The minimum atomic E-state index is -0.227. The molecule has 0 spiro atoms. The van der Waals surface area contributed by atoms with E-state index >= 15 is 0 Å². The fraction of sp³-hybridized carbons (Fsp3) is 0.0500. The van der Waals surface area contributed by atoms with Gasteiger partial charge in [0.15, 0.2) is 0 Å². The molecule has 0 saturated carbocycles. The summed E-state index contributed by atoms with van der Waals surface area (Å²) in [5.41, 5.74) is 3.84. The van der Waals surface area contributed by atoms with Crippen LogP contribution in [0.1, 0.15) is 26.4 Å². The monoisotopic (exact) mass is 344 g/mol. The second-order valence-electron chi connectivity index (χ2n) is 5.89. The summed E-state index contributed by atoms with van der Waals surface area (Å²) in [6.07, 6.45) is 1.68. The number of fused-ring (bicyclic) bond motifs is 2. The SMILES string of the molecule is O=C(NCc1ccccn1)c1ccc2c(c1)NC(=O)c1ccccc1N2. The molecule has 3 aromatic rings. The Hall–Kier alpha value is -3.67. The van der Waals surface area contributed by atoms with Crippen molar-refractivity contribution < 1.29 is 9.59 Å². The number of nitrogens with zero attached hydrogens (tertiary/aromatic N) is 1. The van der Waals surface area contributed by atoms with Gasteiger partial charge in [-0.2, -0.15) is 0 Å². The third-order valence-corrected chi connectivity index (χ3v) is 4.13. The number of benzene rings is 2. The molecule has 2 amide bonds. The van der Waals surface area contributed by atoms with Gasteiger partial charge in [-0.15, -0.1) is 0 Å². The highest BCUT2D eigenvalue weighted by Gasteiger charge is 2.19. The summed E-state index contributed by atoms with van der Waals surface area (Å²) in [6.45, 7) is 0.340. The highest BCUT2D eigenvalue weighted by molar-refractivity contribution is 6.12. The lowest BCUT2D eigenvalue weighted by molar-refractivity contribution is 0.0949. The average molecular weight is 344 g/mol. The molecular weight excluding hydrogens is 328 g/mol. The third kappa shape index (κ3) is 3.12. The van der Waals surface area contributed by atoms with Gasteiger partial charge in [-0.3, -0.25) is 14.6 Å². The van der Waals surface area contributed by atoms with Gasteiger partial charge in [-0.05, 0) is 42.5 Å². The minimum absolute atomic E-state index is 0.210. The van der Waals surface area contributed by atoms with Crippen LogP contribution < -0.4 is 16.0 Å². The van der Waals surface area contributed by atoms with E-state index in [4.69, 9.17) is 0 Å². The predicted octanol–water partition coefficient (Wildman–Crippen LogP) is 3.32. The van der Waals surface area contributed by atoms with Gasteiger partial charge in [0.1, 0.15) is 0 Å². The van der Waals surface area contributed by atoms with Gasteiger partial charge in [0, 0.05) is 11.8 Å². The number of pyridine rings is 1. The van der Waals surface area contributed by atoms with Crippen LogP contribution >= 0.6 is 0 Å². The van der Waals surface area contributed by atoms with E-state index in [-0.39, 0.29) is 11.8 Å². The number of hydrogen-bond donors (Lipinski definition) is 3. The Morgan fingerprint density at radius 1 is 0.923 bits per heavy atom. The van der Waals surface area contributed by atoms with Crippen LogP contribution in [0.2, 0.25) is 0 Å². The molecule has 0 atom stereocenters. The molecule has 0 radical (unpaired) electrons. The molecular formula is C20H16N4O2. The fourth-order valence-electron chi connectivity index (χ4n) is 2.80. The van der Waals surface area contributed by atoms with Crippen LogP contribution in [0.3, 0.4) is 0 Å². The summed E-state index contributed by atoms with van der Waals surface area (Å²) < 4.78 is 0. The molecule has 6 nitrogen and oxygen atoms in total. The molecule has 0 aliphatic carbocycles. The molecule has 2 aromatic carbocycles. The first kappa shape index (κ1) is 15.8. The summed E-state index contributed by atoms with van der Waals surface area (Å²) in [6, 6.07) is 18.0. The van der Waals surface area contributed by atoms with Crippen LogP contribution in [-0.4, -0.2) is 16.8 Å². The van der Waals surface area contributed by atoms with Crippen molar-refractivity contribution in [3.8, 4) is 0 Å². The van der Waals surface area contributed by atoms with Crippen LogP contribution in [-0.2, 0) is 6.54 Å². The van der Waals surface area contributed by atoms with Gasteiger partial charge in [0.05, 0.1) is 34.9 Å². The zero-order valence-corrected chi connectivity index (χ0v) is 13.8. The number of para-hydroxylation sites is 1. The molecule has 0 unspecified atom stereocenters. The quantitative estimate of drug-likeness (QED) is 0.681. The van der Waals surface area contributed by atoms with Crippen molar-refractivity contribution in [3.05, 3.63) is 83.7 Å². The number of carbonyl (C=O) groups excluding carboxylic acids is 2. The Balaban J connectivity index is 1.55. The second-order valence-corrected chi connectivity index (χ2v) is 5.89. The lowest BCUT2D eigenvalue weighted by Gasteiger charge is -2.11. The van der Waals surface area contributed by atoms with Crippen molar-refractivity contribution in [1.29, 1.82) is 0 Å². The highest BCUT2D eigenvalue weighted by atomic mass is 16.2. The average Bonchev–Trinajstić information content (AvgIpc) is 2.82.